The van der Waals surface area contributed by atoms with E-state index in [0.29, 0.717) is 35.0 Å². The monoisotopic (exact) mass is 326 g/mol. The first-order valence-electron chi connectivity index (χ1n) is 7.84. The van der Waals surface area contributed by atoms with Gasteiger partial charge < -0.3 is 15.4 Å². The van der Waals surface area contributed by atoms with Crippen molar-refractivity contribution in [3.05, 3.63) is 54.1 Å². The Morgan fingerprint density at radius 1 is 1.00 bits per heavy atom. The van der Waals surface area contributed by atoms with Gasteiger partial charge in [-0.25, -0.2) is 0 Å². The van der Waals surface area contributed by atoms with Gasteiger partial charge in [-0.2, -0.15) is 0 Å². The second-order valence-electron chi connectivity index (χ2n) is 5.88. The summed E-state index contributed by atoms with van der Waals surface area (Å²) < 4.78 is 5.21. The summed E-state index contributed by atoms with van der Waals surface area (Å²) in [5.41, 5.74) is 1.79. The molecule has 2 N–H and O–H groups in total. The van der Waals surface area contributed by atoms with Gasteiger partial charge in [0.2, 0.25) is 5.91 Å². The standard InChI is InChI=1S/C19H22N2O3/c1-13(2)12-18(22)20-15-10-8-14(9-11-15)19(23)21-16-6-4-5-7-17(16)24-3/h4-11,13H,12H2,1-3H3,(H,20,22)(H,21,23). The summed E-state index contributed by atoms with van der Waals surface area (Å²) in [4.78, 5) is 24.1. The quantitative estimate of drug-likeness (QED) is 0.845. The van der Waals surface area contributed by atoms with Crippen molar-refractivity contribution in [3.63, 3.8) is 0 Å². The molecule has 5 heteroatoms. The van der Waals surface area contributed by atoms with Crippen molar-refractivity contribution < 1.29 is 14.3 Å². The van der Waals surface area contributed by atoms with Crippen LogP contribution in [0.25, 0.3) is 0 Å². The number of amides is 2. The van der Waals surface area contributed by atoms with Crippen LogP contribution in [0.5, 0.6) is 5.75 Å². The summed E-state index contributed by atoms with van der Waals surface area (Å²) in [7, 11) is 1.56. The molecule has 2 aromatic rings. The third kappa shape index (κ3) is 4.84. The highest BCUT2D eigenvalue weighted by molar-refractivity contribution is 6.05. The highest BCUT2D eigenvalue weighted by atomic mass is 16.5. The molecule has 0 atom stereocenters. The number of methoxy groups -OCH3 is 1. The Bertz CT molecular complexity index is 709. The van der Waals surface area contributed by atoms with E-state index in [2.05, 4.69) is 10.6 Å². The van der Waals surface area contributed by atoms with Gasteiger partial charge in [-0.15, -0.1) is 0 Å². The molecular formula is C19H22N2O3. The van der Waals surface area contributed by atoms with E-state index in [1.807, 2.05) is 26.0 Å². The normalized spacial score (nSPS) is 10.3. The fourth-order valence-corrected chi connectivity index (χ4v) is 2.23. The number of carbonyl (C=O) groups is 2. The molecule has 0 aliphatic carbocycles. The fourth-order valence-electron chi connectivity index (χ4n) is 2.23. The van der Waals surface area contributed by atoms with Crippen LogP contribution >= 0.6 is 0 Å². The molecule has 0 spiro atoms. The molecule has 126 valence electrons. The van der Waals surface area contributed by atoms with E-state index in [1.165, 1.54) is 0 Å². The number of carbonyl (C=O) groups excluding carboxylic acids is 2. The predicted octanol–water partition coefficient (Wildman–Crippen LogP) is 3.93. The van der Waals surface area contributed by atoms with Crippen molar-refractivity contribution in [2.75, 3.05) is 17.7 Å². The van der Waals surface area contributed by atoms with E-state index < -0.39 is 0 Å². The molecule has 0 fully saturated rings. The van der Waals surface area contributed by atoms with E-state index in [0.717, 1.165) is 0 Å². The number of rotatable bonds is 6. The van der Waals surface area contributed by atoms with Gasteiger partial charge >= 0.3 is 0 Å². The van der Waals surface area contributed by atoms with Crippen LogP contribution in [0.3, 0.4) is 0 Å². The van der Waals surface area contributed by atoms with Crippen molar-refractivity contribution in [1.29, 1.82) is 0 Å². The van der Waals surface area contributed by atoms with Gasteiger partial charge in [0.15, 0.2) is 0 Å². The molecular weight excluding hydrogens is 304 g/mol. The summed E-state index contributed by atoms with van der Waals surface area (Å²) in [5.74, 6) is 0.634. The van der Waals surface area contributed by atoms with Gasteiger partial charge in [0, 0.05) is 17.7 Å². The molecule has 0 radical (unpaired) electrons. The van der Waals surface area contributed by atoms with E-state index in [-0.39, 0.29) is 11.8 Å². The lowest BCUT2D eigenvalue weighted by molar-refractivity contribution is -0.116. The molecule has 0 bridgehead atoms. The van der Waals surface area contributed by atoms with Crippen molar-refractivity contribution in [1.82, 2.24) is 0 Å². The van der Waals surface area contributed by atoms with Crippen LogP contribution in [-0.2, 0) is 4.79 Å². The van der Waals surface area contributed by atoms with Gasteiger partial charge in [0.25, 0.3) is 5.91 Å². The zero-order valence-electron chi connectivity index (χ0n) is 14.1. The fraction of sp³-hybridized carbons (Fsp3) is 0.263. The smallest absolute Gasteiger partial charge is 0.255 e. The lowest BCUT2D eigenvalue weighted by Gasteiger charge is -2.10. The van der Waals surface area contributed by atoms with Crippen LogP contribution in [0.1, 0.15) is 30.6 Å². The maximum Gasteiger partial charge on any atom is 0.255 e. The first-order valence-corrected chi connectivity index (χ1v) is 7.84. The Balaban J connectivity index is 2.02. The number of anilines is 2. The minimum Gasteiger partial charge on any atom is -0.495 e. The Labute approximate surface area is 142 Å². The first-order chi connectivity index (χ1) is 11.5. The average molecular weight is 326 g/mol. The minimum atomic E-state index is -0.237. The second kappa shape index (κ2) is 8.15. The lowest BCUT2D eigenvalue weighted by atomic mass is 10.1. The van der Waals surface area contributed by atoms with Crippen LogP contribution in [-0.4, -0.2) is 18.9 Å². The summed E-state index contributed by atoms with van der Waals surface area (Å²) in [6.07, 6.45) is 0.468. The molecule has 0 aliphatic rings. The minimum absolute atomic E-state index is 0.0313. The van der Waals surface area contributed by atoms with Gasteiger partial charge in [0.1, 0.15) is 5.75 Å². The Kier molecular flexibility index (Phi) is 5.95. The number of para-hydroxylation sites is 2. The summed E-state index contributed by atoms with van der Waals surface area (Å²) >= 11 is 0. The van der Waals surface area contributed by atoms with Gasteiger partial charge in [-0.3, -0.25) is 9.59 Å². The number of nitrogens with one attached hydrogen (secondary N) is 2. The molecule has 0 unspecified atom stereocenters. The third-order valence-electron chi connectivity index (χ3n) is 3.38. The zero-order valence-corrected chi connectivity index (χ0v) is 14.1. The number of ether oxygens (including phenoxy) is 1. The largest absolute Gasteiger partial charge is 0.495 e. The van der Waals surface area contributed by atoms with Gasteiger partial charge in [-0.05, 0) is 42.3 Å². The van der Waals surface area contributed by atoms with Crippen molar-refractivity contribution >= 4 is 23.2 Å². The van der Waals surface area contributed by atoms with Crippen molar-refractivity contribution in [2.45, 2.75) is 20.3 Å². The van der Waals surface area contributed by atoms with Crippen LogP contribution in [0, 0.1) is 5.92 Å². The van der Waals surface area contributed by atoms with Crippen molar-refractivity contribution in [2.24, 2.45) is 5.92 Å². The van der Waals surface area contributed by atoms with Crippen LogP contribution in [0.15, 0.2) is 48.5 Å². The van der Waals surface area contributed by atoms with Gasteiger partial charge in [0.05, 0.1) is 12.8 Å². The van der Waals surface area contributed by atoms with E-state index in [4.69, 9.17) is 4.74 Å². The zero-order chi connectivity index (χ0) is 17.5. The molecule has 0 aliphatic heterocycles. The molecule has 5 nitrogen and oxygen atoms in total. The van der Waals surface area contributed by atoms with E-state index >= 15 is 0 Å². The highest BCUT2D eigenvalue weighted by Gasteiger charge is 2.10. The average Bonchev–Trinajstić information content (AvgIpc) is 2.55. The Hall–Kier alpha value is -2.82. The molecule has 0 aromatic heterocycles. The first kappa shape index (κ1) is 17.5. The summed E-state index contributed by atoms with van der Waals surface area (Å²) in [5, 5.41) is 5.63. The molecule has 0 saturated carbocycles. The molecule has 2 rings (SSSR count). The van der Waals surface area contributed by atoms with E-state index in [9.17, 15) is 9.59 Å². The molecule has 0 heterocycles. The SMILES string of the molecule is COc1ccccc1NC(=O)c1ccc(NC(=O)CC(C)C)cc1. The summed E-state index contributed by atoms with van der Waals surface area (Å²) in [6.45, 7) is 3.98. The molecule has 0 saturated heterocycles. The molecule has 24 heavy (non-hydrogen) atoms. The van der Waals surface area contributed by atoms with Crippen LogP contribution < -0.4 is 15.4 Å². The van der Waals surface area contributed by atoms with Crippen molar-refractivity contribution in [3.8, 4) is 5.75 Å². The summed E-state index contributed by atoms with van der Waals surface area (Å²) in [6, 6.07) is 14.0. The second-order valence-corrected chi connectivity index (χ2v) is 5.88. The van der Waals surface area contributed by atoms with Crippen LogP contribution in [0.4, 0.5) is 11.4 Å². The Morgan fingerprint density at radius 2 is 1.67 bits per heavy atom. The number of hydrogen-bond donors (Lipinski definition) is 2. The maximum atomic E-state index is 12.3. The highest BCUT2D eigenvalue weighted by Crippen LogP contribution is 2.23. The number of benzene rings is 2. The maximum absolute atomic E-state index is 12.3. The topological polar surface area (TPSA) is 67.4 Å². The lowest BCUT2D eigenvalue weighted by Crippen LogP contribution is -2.15. The predicted molar refractivity (Wildman–Crippen MR) is 95.5 cm³/mol. The third-order valence-corrected chi connectivity index (χ3v) is 3.38. The van der Waals surface area contributed by atoms with Gasteiger partial charge in [-0.1, -0.05) is 26.0 Å². The molecule has 2 amide bonds. The van der Waals surface area contributed by atoms with Crippen LogP contribution in [0.2, 0.25) is 0 Å². The molecule has 2 aromatic carbocycles. The van der Waals surface area contributed by atoms with E-state index in [1.54, 1.807) is 43.5 Å². The Morgan fingerprint density at radius 3 is 2.29 bits per heavy atom. The number of hydrogen-bond acceptors (Lipinski definition) is 3.